The molecule has 3 aromatic rings. The van der Waals surface area contributed by atoms with E-state index in [9.17, 15) is 23.5 Å². The Kier molecular flexibility index (Phi) is 6.76. The molecular formula is C30H31F2N3O4S. The number of carboxylic acids is 1. The summed E-state index contributed by atoms with van der Waals surface area (Å²) in [6.45, 7) is 4.54. The van der Waals surface area contributed by atoms with Crippen LogP contribution >= 0.6 is 11.3 Å². The number of piperidine rings is 1. The number of anilines is 1. The van der Waals surface area contributed by atoms with Crippen LogP contribution in [0.5, 0.6) is 5.75 Å². The summed E-state index contributed by atoms with van der Waals surface area (Å²) in [5.74, 6) is -3.08. The van der Waals surface area contributed by atoms with Gasteiger partial charge >= 0.3 is 5.97 Å². The summed E-state index contributed by atoms with van der Waals surface area (Å²) in [6.07, 6.45) is 1.91. The molecular weight excluding hydrogens is 536 g/mol. The molecule has 7 nitrogen and oxygen atoms in total. The molecule has 3 fully saturated rings. The fourth-order valence-electron chi connectivity index (χ4n) is 6.27. The number of aryl methyl sites for hydroxylation is 2. The first-order valence-electron chi connectivity index (χ1n) is 13.5. The number of thiazole rings is 1. The van der Waals surface area contributed by atoms with Gasteiger partial charge in [-0.1, -0.05) is 17.7 Å². The molecule has 2 unspecified atom stereocenters. The van der Waals surface area contributed by atoms with Crippen molar-refractivity contribution in [3.8, 4) is 17.0 Å². The van der Waals surface area contributed by atoms with Gasteiger partial charge in [0.05, 0.1) is 24.7 Å². The van der Waals surface area contributed by atoms with Crippen molar-refractivity contribution in [3.05, 3.63) is 64.0 Å². The molecule has 2 atom stereocenters. The van der Waals surface area contributed by atoms with Crippen LogP contribution in [0.1, 0.15) is 39.9 Å². The second kappa shape index (κ2) is 10.1. The molecule has 1 N–H and O–H groups in total. The Hall–Kier alpha value is -3.53. The SMILES string of the molecule is Cc1ccc(OCc2ccc(C(=O)N3CC(F)(F)C3)cc2C)c(-c2csc(N3CC4CCC(C3)C4C(=O)O)n2)c1. The number of carboxylic acid groups (broad SMARTS) is 1. The molecule has 210 valence electrons. The molecule has 10 heteroatoms. The van der Waals surface area contributed by atoms with Crippen molar-refractivity contribution in [2.24, 2.45) is 17.8 Å². The summed E-state index contributed by atoms with van der Waals surface area (Å²) in [5, 5.41) is 12.6. The van der Waals surface area contributed by atoms with Gasteiger partial charge in [-0.05, 0) is 73.9 Å². The van der Waals surface area contributed by atoms with Crippen molar-refractivity contribution in [1.29, 1.82) is 0 Å². The van der Waals surface area contributed by atoms with E-state index >= 15 is 0 Å². The smallest absolute Gasteiger partial charge is 0.307 e. The molecule has 3 aliphatic rings. The number of hydrogen-bond donors (Lipinski definition) is 1. The van der Waals surface area contributed by atoms with Crippen molar-refractivity contribution in [2.75, 3.05) is 31.1 Å². The maximum absolute atomic E-state index is 13.2. The van der Waals surface area contributed by atoms with Crippen LogP contribution in [0.15, 0.2) is 41.8 Å². The van der Waals surface area contributed by atoms with E-state index in [-0.39, 0.29) is 30.3 Å². The van der Waals surface area contributed by atoms with Crippen molar-refractivity contribution in [1.82, 2.24) is 9.88 Å². The normalized spacial score (nSPS) is 23.1. The van der Waals surface area contributed by atoms with Crippen LogP contribution in [0.3, 0.4) is 0 Å². The number of amides is 1. The molecule has 2 aromatic carbocycles. The van der Waals surface area contributed by atoms with Crippen LogP contribution in [0.4, 0.5) is 13.9 Å². The lowest BCUT2D eigenvalue weighted by Crippen LogP contribution is -2.58. The van der Waals surface area contributed by atoms with Crippen molar-refractivity contribution >= 4 is 28.3 Å². The summed E-state index contributed by atoms with van der Waals surface area (Å²) >= 11 is 1.57. The number of carbonyl (C=O) groups is 2. The number of alkyl halides is 2. The number of carbonyl (C=O) groups excluding carboxylic acids is 1. The minimum atomic E-state index is -2.79. The predicted molar refractivity (Wildman–Crippen MR) is 148 cm³/mol. The van der Waals surface area contributed by atoms with Gasteiger partial charge in [0.15, 0.2) is 5.13 Å². The topological polar surface area (TPSA) is 83.0 Å². The lowest BCUT2D eigenvalue weighted by molar-refractivity contribution is -0.144. The Balaban J connectivity index is 1.16. The van der Waals surface area contributed by atoms with E-state index < -0.39 is 25.0 Å². The minimum Gasteiger partial charge on any atom is -0.488 e. The van der Waals surface area contributed by atoms with Crippen molar-refractivity contribution < 1.29 is 28.2 Å². The maximum atomic E-state index is 13.2. The summed E-state index contributed by atoms with van der Waals surface area (Å²) in [6, 6.07) is 11.2. The number of nitrogens with zero attached hydrogens (tertiary/aromatic N) is 3. The fraction of sp³-hybridized carbons (Fsp3) is 0.433. The van der Waals surface area contributed by atoms with E-state index in [1.807, 2.05) is 43.5 Å². The van der Waals surface area contributed by atoms with Gasteiger partial charge in [0.2, 0.25) is 0 Å². The highest BCUT2D eigenvalue weighted by atomic mass is 32.1. The summed E-state index contributed by atoms with van der Waals surface area (Å²) in [5.41, 5.74) is 4.91. The van der Waals surface area contributed by atoms with Gasteiger partial charge < -0.3 is 19.6 Å². The first-order valence-corrected chi connectivity index (χ1v) is 14.4. The number of benzene rings is 2. The standard InChI is InChI=1S/C30H31F2N3O4S/c1-17-3-8-25(39-13-22-7-4-19(10-18(22)2)27(36)35-15-30(31,32)16-35)23(9-17)24-14-40-29(33-24)34-11-20-5-6-21(12-34)26(20)28(37)38/h3-4,7-10,14,20-21,26H,5-6,11-13,15-16H2,1-2H3,(H,37,38). The first kappa shape index (κ1) is 26.7. The van der Waals surface area contributed by atoms with Gasteiger partial charge in [0.25, 0.3) is 11.8 Å². The highest BCUT2D eigenvalue weighted by Gasteiger charge is 2.47. The van der Waals surface area contributed by atoms with Crippen LogP contribution in [0.2, 0.25) is 0 Å². The zero-order valence-corrected chi connectivity index (χ0v) is 23.2. The molecule has 2 saturated heterocycles. The fourth-order valence-corrected chi connectivity index (χ4v) is 7.12. The molecule has 1 saturated carbocycles. The number of aliphatic carboxylic acids is 1. The summed E-state index contributed by atoms with van der Waals surface area (Å²) in [4.78, 5) is 32.6. The molecule has 1 aliphatic carbocycles. The largest absolute Gasteiger partial charge is 0.488 e. The Morgan fingerprint density at radius 2 is 1.82 bits per heavy atom. The van der Waals surface area contributed by atoms with Gasteiger partial charge in [-0.3, -0.25) is 9.59 Å². The Morgan fingerprint density at radius 3 is 2.48 bits per heavy atom. The van der Waals surface area contributed by atoms with Crippen molar-refractivity contribution in [2.45, 2.75) is 39.2 Å². The molecule has 2 bridgehead atoms. The number of rotatable bonds is 7. The average molecular weight is 568 g/mol. The van der Waals surface area contributed by atoms with E-state index in [1.165, 1.54) is 0 Å². The van der Waals surface area contributed by atoms with Gasteiger partial charge in [0.1, 0.15) is 12.4 Å². The molecule has 1 aromatic heterocycles. The van der Waals surface area contributed by atoms with E-state index in [0.717, 1.165) is 63.9 Å². The first-order chi connectivity index (χ1) is 19.1. The predicted octanol–water partition coefficient (Wildman–Crippen LogP) is 5.64. The lowest BCUT2D eigenvalue weighted by Gasteiger charge is -2.38. The maximum Gasteiger partial charge on any atom is 0.307 e. The van der Waals surface area contributed by atoms with Gasteiger partial charge in [-0.25, -0.2) is 13.8 Å². The third-order valence-electron chi connectivity index (χ3n) is 8.40. The van der Waals surface area contributed by atoms with Gasteiger partial charge in [-0.15, -0.1) is 11.3 Å². The number of halogens is 2. The van der Waals surface area contributed by atoms with Gasteiger partial charge in [0, 0.05) is 29.6 Å². The molecule has 2 aliphatic heterocycles. The number of fused-ring (bicyclic) bond motifs is 2. The van der Waals surface area contributed by atoms with Crippen LogP contribution in [-0.4, -0.2) is 59.0 Å². The quantitative estimate of drug-likeness (QED) is 0.398. The summed E-state index contributed by atoms with van der Waals surface area (Å²) < 4.78 is 32.6. The monoisotopic (exact) mass is 567 g/mol. The highest BCUT2D eigenvalue weighted by Crippen LogP contribution is 2.44. The summed E-state index contributed by atoms with van der Waals surface area (Å²) in [7, 11) is 0. The molecule has 6 rings (SSSR count). The highest BCUT2D eigenvalue weighted by molar-refractivity contribution is 7.14. The number of likely N-dealkylation sites (tertiary alicyclic amines) is 1. The number of aromatic nitrogens is 1. The average Bonchev–Trinajstić information content (AvgIpc) is 3.49. The van der Waals surface area contributed by atoms with E-state index in [1.54, 1.807) is 23.5 Å². The zero-order chi connectivity index (χ0) is 28.2. The third-order valence-corrected chi connectivity index (χ3v) is 9.30. The second-order valence-corrected chi connectivity index (χ2v) is 12.2. The van der Waals surface area contributed by atoms with Gasteiger partial charge in [-0.2, -0.15) is 0 Å². The lowest BCUT2D eigenvalue weighted by atomic mass is 9.85. The number of ether oxygens (including phenoxy) is 1. The second-order valence-electron chi connectivity index (χ2n) is 11.3. The van der Waals surface area contributed by atoms with E-state index in [2.05, 4.69) is 4.90 Å². The van der Waals surface area contributed by atoms with E-state index in [4.69, 9.17) is 9.72 Å². The van der Waals surface area contributed by atoms with Crippen LogP contribution in [0.25, 0.3) is 11.3 Å². The molecule has 1 amide bonds. The molecule has 40 heavy (non-hydrogen) atoms. The van der Waals surface area contributed by atoms with Crippen LogP contribution < -0.4 is 9.64 Å². The molecule has 3 heterocycles. The van der Waals surface area contributed by atoms with Crippen LogP contribution in [-0.2, 0) is 11.4 Å². The third kappa shape index (κ3) is 5.05. The van der Waals surface area contributed by atoms with Crippen LogP contribution in [0, 0.1) is 31.6 Å². The Morgan fingerprint density at radius 1 is 1.10 bits per heavy atom. The number of hydrogen-bond acceptors (Lipinski definition) is 6. The molecule has 0 radical (unpaired) electrons. The van der Waals surface area contributed by atoms with E-state index in [0.29, 0.717) is 11.3 Å². The molecule has 0 spiro atoms. The minimum absolute atomic E-state index is 0.165. The zero-order valence-electron chi connectivity index (χ0n) is 22.4. The Labute approximate surface area is 235 Å². The van der Waals surface area contributed by atoms with Crippen molar-refractivity contribution in [3.63, 3.8) is 0 Å². The Bertz CT molecular complexity index is 1450.